The minimum Gasteiger partial charge on any atom is -0.496 e. The Balaban J connectivity index is 1.70. The summed E-state index contributed by atoms with van der Waals surface area (Å²) in [5, 5.41) is 3.10. The summed E-state index contributed by atoms with van der Waals surface area (Å²) in [6, 6.07) is 7.76. The molecule has 2 rings (SSSR count). The first-order chi connectivity index (χ1) is 12.1. The number of unbranched alkanes of at least 4 members (excludes halogenated alkanes) is 2. The molecule has 0 radical (unpaired) electrons. The fraction of sp³-hybridized carbons (Fsp3) is 0.667. The van der Waals surface area contributed by atoms with E-state index in [9.17, 15) is 4.79 Å². The smallest absolute Gasteiger partial charge is 0.230 e. The van der Waals surface area contributed by atoms with Crippen LogP contribution in [0.3, 0.4) is 0 Å². The number of para-hydroxylation sites is 1. The molecule has 1 amide bonds. The van der Waals surface area contributed by atoms with Gasteiger partial charge in [0.2, 0.25) is 5.91 Å². The topological polar surface area (TPSA) is 41.6 Å². The van der Waals surface area contributed by atoms with E-state index < -0.39 is 5.41 Å². The molecule has 0 aliphatic carbocycles. The molecule has 1 aliphatic heterocycles. The molecule has 1 N–H and O–H groups in total. The Labute approximate surface area is 152 Å². The molecule has 25 heavy (non-hydrogen) atoms. The van der Waals surface area contributed by atoms with Crippen molar-refractivity contribution in [1.29, 1.82) is 0 Å². The first-order valence-corrected chi connectivity index (χ1v) is 9.70. The molecule has 4 heteroatoms. The second-order valence-corrected chi connectivity index (χ2v) is 7.54. The number of hydrogen-bond donors (Lipinski definition) is 1. The summed E-state index contributed by atoms with van der Waals surface area (Å²) in [6.45, 7) is 8.40. The van der Waals surface area contributed by atoms with Crippen LogP contribution in [-0.4, -0.2) is 44.1 Å². The highest BCUT2D eigenvalue weighted by molar-refractivity contribution is 5.88. The monoisotopic (exact) mass is 346 g/mol. The van der Waals surface area contributed by atoms with E-state index in [0.717, 1.165) is 24.3 Å². The molecule has 0 atom stereocenters. The molecular formula is C21H34N2O2. The molecule has 0 aromatic heterocycles. The molecule has 0 saturated carbocycles. The Hall–Kier alpha value is -1.55. The van der Waals surface area contributed by atoms with Crippen LogP contribution in [0.25, 0.3) is 0 Å². The van der Waals surface area contributed by atoms with E-state index in [-0.39, 0.29) is 5.91 Å². The number of rotatable bonds is 9. The number of benzene rings is 1. The van der Waals surface area contributed by atoms with Gasteiger partial charge in [0.25, 0.3) is 0 Å². The van der Waals surface area contributed by atoms with E-state index in [4.69, 9.17) is 4.74 Å². The van der Waals surface area contributed by atoms with Gasteiger partial charge in [-0.25, -0.2) is 0 Å². The van der Waals surface area contributed by atoms with Crippen LogP contribution in [0.2, 0.25) is 0 Å². The minimum atomic E-state index is -0.597. The normalized spacial score (nSPS) is 15.8. The number of nitrogens with zero attached hydrogens (tertiary/aromatic N) is 1. The Morgan fingerprint density at radius 2 is 1.84 bits per heavy atom. The zero-order chi connectivity index (χ0) is 18.1. The van der Waals surface area contributed by atoms with Gasteiger partial charge in [0, 0.05) is 12.1 Å². The van der Waals surface area contributed by atoms with E-state index in [1.165, 1.54) is 51.7 Å². The Morgan fingerprint density at radius 1 is 1.12 bits per heavy atom. The summed E-state index contributed by atoms with van der Waals surface area (Å²) in [6.07, 6.45) is 7.55. The van der Waals surface area contributed by atoms with Crippen LogP contribution in [0.5, 0.6) is 5.75 Å². The molecule has 1 heterocycles. The zero-order valence-corrected chi connectivity index (χ0v) is 16.1. The molecule has 4 nitrogen and oxygen atoms in total. The Kier molecular flexibility index (Phi) is 7.76. The van der Waals surface area contributed by atoms with Gasteiger partial charge in [-0.1, -0.05) is 31.0 Å². The molecule has 1 fully saturated rings. The highest BCUT2D eigenvalue weighted by atomic mass is 16.5. The first-order valence-electron chi connectivity index (χ1n) is 9.70. The highest BCUT2D eigenvalue weighted by Gasteiger charge is 2.32. The number of likely N-dealkylation sites (tertiary alicyclic amines) is 1. The van der Waals surface area contributed by atoms with Crippen LogP contribution in [0.15, 0.2) is 24.3 Å². The summed E-state index contributed by atoms with van der Waals surface area (Å²) >= 11 is 0. The van der Waals surface area contributed by atoms with Crippen molar-refractivity contribution in [3.63, 3.8) is 0 Å². The number of amides is 1. The molecule has 0 spiro atoms. The van der Waals surface area contributed by atoms with Gasteiger partial charge in [-0.15, -0.1) is 0 Å². The standard InChI is InChI=1S/C21H34N2O2/c1-21(2,18-12-6-7-13-19(18)25-3)20(24)22-14-8-4-9-15-23-16-10-5-11-17-23/h6-7,12-13H,4-5,8-11,14-17H2,1-3H3,(H,22,24). The summed E-state index contributed by atoms with van der Waals surface area (Å²) in [7, 11) is 1.65. The maximum Gasteiger partial charge on any atom is 0.230 e. The lowest BCUT2D eigenvalue weighted by molar-refractivity contribution is -0.125. The zero-order valence-electron chi connectivity index (χ0n) is 16.1. The lowest BCUT2D eigenvalue weighted by Crippen LogP contribution is -2.40. The van der Waals surface area contributed by atoms with Crippen molar-refractivity contribution in [2.45, 2.75) is 57.8 Å². The summed E-state index contributed by atoms with van der Waals surface area (Å²) in [4.78, 5) is 15.2. The second kappa shape index (κ2) is 9.81. The van der Waals surface area contributed by atoms with Crippen LogP contribution in [0, 0.1) is 0 Å². The lowest BCUT2D eigenvalue weighted by atomic mass is 9.83. The molecule has 0 bridgehead atoms. The van der Waals surface area contributed by atoms with Gasteiger partial charge >= 0.3 is 0 Å². The van der Waals surface area contributed by atoms with Gasteiger partial charge in [-0.05, 0) is 65.2 Å². The van der Waals surface area contributed by atoms with E-state index in [0.29, 0.717) is 0 Å². The number of nitrogens with one attached hydrogen (secondary N) is 1. The summed E-state index contributed by atoms with van der Waals surface area (Å²) in [5.41, 5.74) is 0.334. The first kappa shape index (κ1) is 19.8. The van der Waals surface area contributed by atoms with Crippen LogP contribution in [0.4, 0.5) is 0 Å². The SMILES string of the molecule is COc1ccccc1C(C)(C)C(=O)NCCCCCN1CCCCC1. The predicted molar refractivity (Wildman–Crippen MR) is 103 cm³/mol. The average molecular weight is 347 g/mol. The van der Waals surface area contributed by atoms with Crippen molar-refractivity contribution in [3.05, 3.63) is 29.8 Å². The third-order valence-corrected chi connectivity index (χ3v) is 5.23. The Bertz CT molecular complexity index is 536. The predicted octanol–water partition coefficient (Wildman–Crippen LogP) is 3.75. The third kappa shape index (κ3) is 5.74. The summed E-state index contributed by atoms with van der Waals surface area (Å²) < 4.78 is 5.41. The molecule has 140 valence electrons. The molecule has 1 aromatic carbocycles. The van der Waals surface area contributed by atoms with Crippen LogP contribution >= 0.6 is 0 Å². The number of methoxy groups -OCH3 is 1. The van der Waals surface area contributed by atoms with Crippen molar-refractivity contribution < 1.29 is 9.53 Å². The van der Waals surface area contributed by atoms with Crippen LogP contribution in [-0.2, 0) is 10.2 Å². The van der Waals surface area contributed by atoms with E-state index in [1.54, 1.807) is 7.11 Å². The van der Waals surface area contributed by atoms with Crippen molar-refractivity contribution in [1.82, 2.24) is 10.2 Å². The van der Waals surface area contributed by atoms with Gasteiger partial charge in [0.1, 0.15) is 5.75 Å². The number of hydrogen-bond acceptors (Lipinski definition) is 3. The molecule has 1 saturated heterocycles. The number of piperidine rings is 1. The van der Waals surface area contributed by atoms with Crippen molar-refractivity contribution in [3.8, 4) is 5.75 Å². The molecule has 0 unspecified atom stereocenters. The maximum absolute atomic E-state index is 12.6. The summed E-state index contributed by atoms with van der Waals surface area (Å²) in [5.74, 6) is 0.831. The van der Waals surface area contributed by atoms with Gasteiger partial charge in [0.05, 0.1) is 12.5 Å². The molecule has 1 aromatic rings. The number of carbonyl (C=O) groups excluding carboxylic acids is 1. The number of ether oxygens (including phenoxy) is 1. The maximum atomic E-state index is 12.6. The lowest BCUT2D eigenvalue weighted by Gasteiger charge is -2.26. The van der Waals surface area contributed by atoms with E-state index in [2.05, 4.69) is 10.2 Å². The van der Waals surface area contributed by atoms with Gasteiger partial charge in [-0.2, -0.15) is 0 Å². The van der Waals surface area contributed by atoms with E-state index >= 15 is 0 Å². The Morgan fingerprint density at radius 3 is 2.56 bits per heavy atom. The van der Waals surface area contributed by atoms with E-state index in [1.807, 2.05) is 38.1 Å². The highest BCUT2D eigenvalue weighted by Crippen LogP contribution is 2.31. The minimum absolute atomic E-state index is 0.0630. The van der Waals surface area contributed by atoms with Gasteiger partial charge in [0.15, 0.2) is 0 Å². The second-order valence-electron chi connectivity index (χ2n) is 7.54. The molecular weight excluding hydrogens is 312 g/mol. The third-order valence-electron chi connectivity index (χ3n) is 5.23. The quantitative estimate of drug-likeness (QED) is 0.693. The van der Waals surface area contributed by atoms with Gasteiger partial charge in [-0.3, -0.25) is 4.79 Å². The number of carbonyl (C=O) groups is 1. The van der Waals surface area contributed by atoms with Crippen molar-refractivity contribution in [2.75, 3.05) is 33.3 Å². The fourth-order valence-corrected chi connectivity index (χ4v) is 3.53. The fourth-order valence-electron chi connectivity index (χ4n) is 3.53. The van der Waals surface area contributed by atoms with Crippen molar-refractivity contribution >= 4 is 5.91 Å². The van der Waals surface area contributed by atoms with Crippen LogP contribution < -0.4 is 10.1 Å². The van der Waals surface area contributed by atoms with Crippen molar-refractivity contribution in [2.24, 2.45) is 0 Å². The average Bonchev–Trinajstić information content (AvgIpc) is 2.65. The largest absolute Gasteiger partial charge is 0.496 e. The molecule has 1 aliphatic rings. The van der Waals surface area contributed by atoms with Crippen LogP contribution in [0.1, 0.15) is 57.9 Å². The van der Waals surface area contributed by atoms with Gasteiger partial charge < -0.3 is 15.0 Å².